The van der Waals surface area contributed by atoms with Gasteiger partial charge in [0.05, 0.1) is 35.8 Å². The van der Waals surface area contributed by atoms with Crippen molar-refractivity contribution in [2.75, 3.05) is 27.3 Å². The number of nitrogens with one attached hydrogen (secondary N) is 1. The number of allylic oxidation sites excluding steroid dienone is 7. The number of aliphatic hydroxyl groups is 3. The predicted molar refractivity (Wildman–Crippen MR) is 174 cm³/mol. The molecule has 1 aromatic heterocycles. The SMILES string of the molecule is CO[C@@H](C[C@@H](C)[C@@H](O)/C=C/C=C/CNC(=O)C(C)(C)[C@@H](O)\C(C)=C/C=C\C=C\Cc1cnco1)[C@]1(O)[C@@H](C)C(=O)N(C)C12COC2=O. The van der Waals surface area contributed by atoms with Gasteiger partial charge in [0.1, 0.15) is 18.0 Å². The number of esters is 1. The van der Waals surface area contributed by atoms with Crippen LogP contribution in [-0.4, -0.2) is 99.7 Å². The van der Waals surface area contributed by atoms with Crippen LogP contribution >= 0.6 is 0 Å². The molecule has 1 spiro atoms. The Bertz CT molecular complexity index is 1400. The van der Waals surface area contributed by atoms with E-state index in [0.717, 1.165) is 5.76 Å². The summed E-state index contributed by atoms with van der Waals surface area (Å²) in [6.45, 7) is 8.54. The molecule has 2 saturated heterocycles. The number of rotatable bonds is 16. The number of nitrogens with zero attached hydrogens (tertiary/aromatic N) is 2. The summed E-state index contributed by atoms with van der Waals surface area (Å²) in [5.41, 5.74) is -3.80. The zero-order valence-electron chi connectivity index (χ0n) is 28.3. The summed E-state index contributed by atoms with van der Waals surface area (Å²) >= 11 is 0. The number of likely N-dealkylation sites (N-methyl/N-ethyl adjacent to an activating group) is 1. The van der Waals surface area contributed by atoms with Gasteiger partial charge in [0.15, 0.2) is 6.39 Å². The molecule has 258 valence electrons. The first kappa shape index (κ1) is 37.6. The van der Waals surface area contributed by atoms with Crippen LogP contribution in [0, 0.1) is 17.3 Å². The van der Waals surface area contributed by atoms with Crippen molar-refractivity contribution in [3.8, 4) is 0 Å². The molecule has 0 aromatic carbocycles. The average Bonchev–Trinajstić information content (AvgIpc) is 3.62. The summed E-state index contributed by atoms with van der Waals surface area (Å²) < 4.78 is 15.8. The molecular weight excluding hydrogens is 606 g/mol. The Balaban J connectivity index is 1.48. The van der Waals surface area contributed by atoms with E-state index in [9.17, 15) is 29.7 Å². The third-order valence-electron chi connectivity index (χ3n) is 9.45. The zero-order valence-corrected chi connectivity index (χ0v) is 28.3. The highest BCUT2D eigenvalue weighted by Crippen LogP contribution is 2.51. The highest BCUT2D eigenvalue weighted by molar-refractivity contribution is 5.99. The van der Waals surface area contributed by atoms with Crippen molar-refractivity contribution in [2.24, 2.45) is 17.3 Å². The predicted octanol–water partition coefficient (Wildman–Crippen LogP) is 2.43. The maximum Gasteiger partial charge on any atom is 0.338 e. The Hall–Kier alpha value is -3.84. The molecule has 0 radical (unpaired) electrons. The Morgan fingerprint density at radius 3 is 2.51 bits per heavy atom. The molecule has 47 heavy (non-hydrogen) atoms. The maximum atomic E-state index is 12.9. The Morgan fingerprint density at radius 1 is 1.21 bits per heavy atom. The van der Waals surface area contributed by atoms with Crippen LogP contribution in [0.3, 0.4) is 0 Å². The second-order valence-corrected chi connectivity index (χ2v) is 12.9. The first-order chi connectivity index (χ1) is 22.2. The van der Waals surface area contributed by atoms with Gasteiger partial charge in [-0.3, -0.25) is 9.59 Å². The number of hydrogen-bond acceptors (Lipinski definition) is 10. The summed E-state index contributed by atoms with van der Waals surface area (Å²) in [6.07, 6.45) is 16.7. The van der Waals surface area contributed by atoms with Gasteiger partial charge in [-0.15, -0.1) is 0 Å². The normalized spacial score (nSPS) is 26.5. The number of methoxy groups -OCH3 is 1. The van der Waals surface area contributed by atoms with Gasteiger partial charge in [-0.05, 0) is 38.7 Å². The standard InChI is InChI=1S/C35H49N3O9/c1-23(15-11-8-9-12-16-26-20-36-22-47-26)29(40)33(4,5)31(42)37-18-14-10-13-17-27(39)24(2)19-28(45-7)35(44)25(3)30(41)38(6)34(35)21-46-32(34)43/h8-15,17,20,22,24-25,27-29,39-40,44H,16,18-19,21H2,1-7H3,(H,37,42)/b11-8-,12-9+,14-10+,17-13+,23-15-/t24-,25+,27+,28+,29+,34?,35-/m1/s1. The van der Waals surface area contributed by atoms with Crippen molar-refractivity contribution in [1.82, 2.24) is 15.2 Å². The molecule has 1 unspecified atom stereocenters. The molecule has 3 rings (SSSR count). The minimum Gasteiger partial charge on any atom is -0.460 e. The quantitative estimate of drug-likeness (QED) is 0.153. The first-order valence-corrected chi connectivity index (χ1v) is 15.7. The lowest BCUT2D eigenvalue weighted by molar-refractivity contribution is -0.235. The van der Waals surface area contributed by atoms with Crippen LogP contribution in [0.5, 0.6) is 0 Å². The highest BCUT2D eigenvalue weighted by Gasteiger charge is 2.77. The van der Waals surface area contributed by atoms with Crippen LogP contribution in [0.15, 0.2) is 77.3 Å². The second-order valence-electron chi connectivity index (χ2n) is 12.9. The van der Waals surface area contributed by atoms with Crippen LogP contribution in [0.1, 0.15) is 46.8 Å². The number of carbonyl (C=O) groups excluding carboxylic acids is 3. The smallest absolute Gasteiger partial charge is 0.338 e. The molecule has 12 nitrogen and oxygen atoms in total. The van der Waals surface area contributed by atoms with E-state index in [1.54, 1.807) is 77.3 Å². The molecule has 2 fully saturated rings. The first-order valence-electron chi connectivity index (χ1n) is 15.7. The van der Waals surface area contributed by atoms with Gasteiger partial charge in [-0.1, -0.05) is 68.5 Å². The molecule has 0 bridgehead atoms. The number of aliphatic hydroxyl groups excluding tert-OH is 2. The molecule has 3 heterocycles. The molecule has 12 heteroatoms. The minimum absolute atomic E-state index is 0.124. The van der Waals surface area contributed by atoms with Gasteiger partial charge in [-0.25, -0.2) is 9.78 Å². The Morgan fingerprint density at radius 2 is 1.91 bits per heavy atom. The summed E-state index contributed by atoms with van der Waals surface area (Å²) in [6, 6.07) is 0. The van der Waals surface area contributed by atoms with Gasteiger partial charge < -0.3 is 39.4 Å². The number of aromatic nitrogens is 1. The molecular formula is C35H49N3O9. The Labute approximate surface area is 276 Å². The number of amides is 2. The van der Waals surface area contributed by atoms with E-state index in [2.05, 4.69) is 10.3 Å². The number of oxazole rings is 1. The lowest BCUT2D eigenvalue weighted by atomic mass is 9.68. The number of hydrogen-bond donors (Lipinski definition) is 4. The van der Waals surface area contributed by atoms with Crippen molar-refractivity contribution in [2.45, 2.75) is 76.9 Å². The average molecular weight is 656 g/mol. The van der Waals surface area contributed by atoms with E-state index in [0.29, 0.717) is 12.0 Å². The summed E-state index contributed by atoms with van der Waals surface area (Å²) in [5.74, 6) is -1.92. The van der Waals surface area contributed by atoms with E-state index in [1.807, 2.05) is 18.2 Å². The van der Waals surface area contributed by atoms with E-state index in [-0.39, 0.29) is 31.4 Å². The van der Waals surface area contributed by atoms with Crippen LogP contribution in [-0.2, 0) is 30.3 Å². The fourth-order valence-electron chi connectivity index (χ4n) is 6.11. The van der Waals surface area contributed by atoms with E-state index in [4.69, 9.17) is 13.9 Å². The summed E-state index contributed by atoms with van der Waals surface area (Å²) in [5, 5.41) is 36.2. The van der Waals surface area contributed by atoms with Gasteiger partial charge in [0, 0.05) is 27.1 Å². The highest BCUT2D eigenvalue weighted by atomic mass is 16.6. The van der Waals surface area contributed by atoms with Crippen molar-refractivity contribution in [1.29, 1.82) is 0 Å². The third-order valence-corrected chi connectivity index (χ3v) is 9.45. The Kier molecular flexibility index (Phi) is 12.7. The van der Waals surface area contributed by atoms with Crippen LogP contribution in [0.2, 0.25) is 0 Å². The van der Waals surface area contributed by atoms with Crippen molar-refractivity contribution >= 4 is 17.8 Å². The lowest BCUT2D eigenvalue weighted by Crippen LogP contribution is -2.76. The number of likely N-dealkylation sites (tertiary alicyclic amines) is 1. The van der Waals surface area contributed by atoms with E-state index < -0.39 is 52.7 Å². The molecule has 0 saturated carbocycles. The molecule has 2 aliphatic heterocycles. The second kappa shape index (κ2) is 15.8. The molecule has 0 aliphatic carbocycles. The molecule has 4 N–H and O–H groups in total. The van der Waals surface area contributed by atoms with E-state index >= 15 is 0 Å². The topological polar surface area (TPSA) is 172 Å². The maximum absolute atomic E-state index is 12.9. The van der Waals surface area contributed by atoms with Crippen LogP contribution < -0.4 is 5.32 Å². The molecule has 2 aliphatic rings. The van der Waals surface area contributed by atoms with Gasteiger partial charge in [0.2, 0.25) is 17.4 Å². The zero-order chi connectivity index (χ0) is 35.0. The van der Waals surface area contributed by atoms with Crippen LogP contribution in [0.25, 0.3) is 0 Å². The monoisotopic (exact) mass is 655 g/mol. The number of ether oxygens (including phenoxy) is 2. The lowest BCUT2D eigenvalue weighted by Gasteiger charge is -2.51. The fourth-order valence-corrected chi connectivity index (χ4v) is 6.11. The largest absolute Gasteiger partial charge is 0.460 e. The molecule has 7 atom stereocenters. The van der Waals surface area contributed by atoms with E-state index in [1.165, 1.54) is 25.5 Å². The van der Waals surface area contributed by atoms with Crippen molar-refractivity contribution in [3.05, 3.63) is 78.6 Å². The minimum atomic E-state index is -1.83. The van der Waals surface area contributed by atoms with Gasteiger partial charge >= 0.3 is 5.97 Å². The van der Waals surface area contributed by atoms with Crippen molar-refractivity contribution in [3.63, 3.8) is 0 Å². The third kappa shape index (κ3) is 7.67. The number of cyclic esters (lactones) is 1. The summed E-state index contributed by atoms with van der Waals surface area (Å²) in [7, 11) is 2.88. The van der Waals surface area contributed by atoms with Gasteiger partial charge in [0.25, 0.3) is 0 Å². The van der Waals surface area contributed by atoms with Crippen LogP contribution in [0.4, 0.5) is 0 Å². The fraction of sp³-hybridized carbons (Fsp3) is 0.543. The number of carbonyl (C=O) groups is 3. The molecule has 1 aromatic rings. The summed E-state index contributed by atoms with van der Waals surface area (Å²) in [4.78, 5) is 43.3. The molecule has 2 amide bonds. The van der Waals surface area contributed by atoms with Crippen molar-refractivity contribution < 1.29 is 43.6 Å². The van der Waals surface area contributed by atoms with Gasteiger partial charge in [-0.2, -0.15) is 0 Å².